The number of thiophene rings is 1. The lowest BCUT2D eigenvalue weighted by molar-refractivity contribution is 0.281. The second-order valence-corrected chi connectivity index (χ2v) is 5.51. The summed E-state index contributed by atoms with van der Waals surface area (Å²) >= 11 is 3.29. The summed E-state index contributed by atoms with van der Waals surface area (Å²) < 4.78 is 0. The van der Waals surface area contributed by atoms with Gasteiger partial charge in [0.25, 0.3) is 0 Å². The van der Waals surface area contributed by atoms with E-state index >= 15 is 0 Å². The maximum atomic E-state index is 8.92. The Kier molecular flexibility index (Phi) is 2.67. The Morgan fingerprint density at radius 2 is 2.21 bits per heavy atom. The molecule has 0 aliphatic heterocycles. The van der Waals surface area contributed by atoms with Gasteiger partial charge in [0.2, 0.25) is 0 Å². The molecule has 0 amide bonds. The number of hydrogen-bond donors (Lipinski definition) is 1. The van der Waals surface area contributed by atoms with Crippen LogP contribution >= 0.6 is 22.7 Å². The van der Waals surface area contributed by atoms with E-state index in [-0.39, 0.29) is 6.61 Å². The van der Waals surface area contributed by atoms with Crippen LogP contribution in [0.2, 0.25) is 0 Å². The number of nitrogens with zero attached hydrogens (tertiary/aromatic N) is 1. The van der Waals surface area contributed by atoms with Crippen molar-refractivity contribution in [1.29, 1.82) is 0 Å². The van der Waals surface area contributed by atoms with Crippen LogP contribution in [0, 0.1) is 13.8 Å². The molecule has 0 spiro atoms. The Balaban J connectivity index is 2.43. The van der Waals surface area contributed by atoms with Crippen LogP contribution in [0.5, 0.6) is 0 Å². The molecule has 0 aromatic carbocycles. The number of thiazole rings is 1. The lowest BCUT2D eigenvalue weighted by atomic mass is 10.2. The number of hydrogen-bond acceptors (Lipinski definition) is 4. The van der Waals surface area contributed by atoms with E-state index in [0.717, 1.165) is 10.7 Å². The first-order chi connectivity index (χ1) is 6.70. The topological polar surface area (TPSA) is 33.1 Å². The number of aryl methyl sites for hydroxylation is 2. The molecule has 0 bridgehead atoms. The normalized spacial score (nSPS) is 10.8. The Labute approximate surface area is 90.9 Å². The van der Waals surface area contributed by atoms with Crippen LogP contribution in [0.4, 0.5) is 0 Å². The van der Waals surface area contributed by atoms with Gasteiger partial charge < -0.3 is 5.11 Å². The van der Waals surface area contributed by atoms with E-state index in [1.165, 1.54) is 26.7 Å². The van der Waals surface area contributed by atoms with Gasteiger partial charge in [-0.2, -0.15) is 0 Å². The molecule has 2 heterocycles. The second kappa shape index (κ2) is 3.81. The highest BCUT2D eigenvalue weighted by Gasteiger charge is 2.08. The van der Waals surface area contributed by atoms with E-state index in [1.807, 2.05) is 5.38 Å². The maximum absolute atomic E-state index is 8.92. The van der Waals surface area contributed by atoms with Crippen molar-refractivity contribution in [2.24, 2.45) is 0 Å². The van der Waals surface area contributed by atoms with Crippen LogP contribution in [-0.4, -0.2) is 10.1 Å². The molecule has 2 nitrogen and oxygen atoms in total. The van der Waals surface area contributed by atoms with Gasteiger partial charge in [-0.3, -0.25) is 0 Å². The van der Waals surface area contributed by atoms with Crippen molar-refractivity contribution < 1.29 is 5.11 Å². The molecular weight excluding hydrogens is 214 g/mol. The molecular formula is C10H11NOS2. The lowest BCUT2D eigenvalue weighted by Crippen LogP contribution is -1.81. The van der Waals surface area contributed by atoms with E-state index in [9.17, 15) is 0 Å². The van der Waals surface area contributed by atoms with Crippen molar-refractivity contribution in [1.82, 2.24) is 4.98 Å². The fourth-order valence-electron chi connectivity index (χ4n) is 1.39. The summed E-state index contributed by atoms with van der Waals surface area (Å²) in [5.41, 5.74) is 2.18. The minimum atomic E-state index is 0.0346. The number of aliphatic hydroxyl groups is 1. The first kappa shape index (κ1) is 9.83. The molecule has 0 atom stereocenters. The number of aliphatic hydroxyl groups excluding tert-OH is 1. The molecule has 0 fully saturated rings. The number of aromatic nitrogens is 1. The third-order valence-corrected chi connectivity index (χ3v) is 3.80. The van der Waals surface area contributed by atoms with Crippen LogP contribution < -0.4 is 0 Å². The van der Waals surface area contributed by atoms with Crippen molar-refractivity contribution in [3.8, 4) is 11.3 Å². The van der Waals surface area contributed by atoms with Gasteiger partial charge in [-0.25, -0.2) is 4.98 Å². The Bertz CT molecular complexity index is 445. The number of rotatable bonds is 2. The molecule has 0 unspecified atom stereocenters. The Morgan fingerprint density at radius 1 is 1.43 bits per heavy atom. The van der Waals surface area contributed by atoms with E-state index in [0.29, 0.717) is 0 Å². The predicted octanol–water partition coefficient (Wildman–Crippen LogP) is 2.98. The SMILES string of the molecule is Cc1cc(-c2csc(CO)n2)c(C)s1. The van der Waals surface area contributed by atoms with Crippen LogP contribution in [-0.2, 0) is 6.61 Å². The Hall–Kier alpha value is -0.710. The van der Waals surface area contributed by atoms with Crippen LogP contribution in [0.15, 0.2) is 11.4 Å². The fourth-order valence-corrected chi connectivity index (χ4v) is 2.98. The zero-order chi connectivity index (χ0) is 10.1. The van der Waals surface area contributed by atoms with Crippen molar-refractivity contribution in [3.05, 3.63) is 26.2 Å². The molecule has 2 aromatic heterocycles. The highest BCUT2D eigenvalue weighted by Crippen LogP contribution is 2.31. The smallest absolute Gasteiger partial charge is 0.119 e. The van der Waals surface area contributed by atoms with Gasteiger partial charge in [0, 0.05) is 20.7 Å². The molecule has 1 N–H and O–H groups in total. The summed E-state index contributed by atoms with van der Waals surface area (Å²) in [5, 5.41) is 11.7. The average Bonchev–Trinajstić information content (AvgIpc) is 2.71. The molecule has 0 aliphatic rings. The largest absolute Gasteiger partial charge is 0.389 e. The molecule has 0 radical (unpaired) electrons. The zero-order valence-corrected chi connectivity index (χ0v) is 9.71. The van der Waals surface area contributed by atoms with Crippen LogP contribution in [0.25, 0.3) is 11.3 Å². The van der Waals surface area contributed by atoms with Crippen molar-refractivity contribution in [2.75, 3.05) is 0 Å². The lowest BCUT2D eigenvalue weighted by Gasteiger charge is -1.92. The molecule has 0 saturated heterocycles. The summed E-state index contributed by atoms with van der Waals surface area (Å²) in [5.74, 6) is 0. The monoisotopic (exact) mass is 225 g/mol. The second-order valence-electron chi connectivity index (χ2n) is 3.11. The van der Waals surface area contributed by atoms with Gasteiger partial charge >= 0.3 is 0 Å². The third kappa shape index (κ3) is 1.73. The summed E-state index contributed by atoms with van der Waals surface area (Å²) in [6.07, 6.45) is 0. The molecule has 14 heavy (non-hydrogen) atoms. The van der Waals surface area contributed by atoms with Crippen molar-refractivity contribution >= 4 is 22.7 Å². The maximum Gasteiger partial charge on any atom is 0.119 e. The standard InChI is InChI=1S/C10H11NOS2/c1-6-3-8(7(2)14-6)9-5-13-10(4-12)11-9/h3,5,12H,4H2,1-2H3. The van der Waals surface area contributed by atoms with Gasteiger partial charge in [-0.15, -0.1) is 22.7 Å². The van der Waals surface area contributed by atoms with Crippen molar-refractivity contribution in [2.45, 2.75) is 20.5 Å². The van der Waals surface area contributed by atoms with Crippen LogP contribution in [0.1, 0.15) is 14.8 Å². The molecule has 0 aliphatic carbocycles. The Morgan fingerprint density at radius 3 is 2.71 bits per heavy atom. The van der Waals surface area contributed by atoms with Crippen molar-refractivity contribution in [3.63, 3.8) is 0 Å². The molecule has 74 valence electrons. The minimum Gasteiger partial charge on any atom is -0.389 e. The highest BCUT2D eigenvalue weighted by atomic mass is 32.1. The minimum absolute atomic E-state index is 0.0346. The van der Waals surface area contributed by atoms with Gasteiger partial charge in [0.05, 0.1) is 12.3 Å². The molecule has 2 rings (SSSR count). The van der Waals surface area contributed by atoms with E-state index in [1.54, 1.807) is 11.3 Å². The summed E-state index contributed by atoms with van der Waals surface area (Å²) in [6.45, 7) is 4.23. The third-order valence-electron chi connectivity index (χ3n) is 2.00. The first-order valence-electron chi connectivity index (χ1n) is 4.33. The van der Waals surface area contributed by atoms with Gasteiger partial charge in [0.15, 0.2) is 0 Å². The predicted molar refractivity (Wildman–Crippen MR) is 60.8 cm³/mol. The molecule has 0 saturated carbocycles. The van der Waals surface area contributed by atoms with Crippen LogP contribution in [0.3, 0.4) is 0 Å². The molecule has 4 heteroatoms. The zero-order valence-electron chi connectivity index (χ0n) is 8.07. The van der Waals surface area contributed by atoms with Gasteiger partial charge in [-0.1, -0.05) is 0 Å². The van der Waals surface area contributed by atoms with E-state index in [4.69, 9.17) is 5.11 Å². The summed E-state index contributed by atoms with van der Waals surface area (Å²) in [7, 11) is 0. The summed E-state index contributed by atoms with van der Waals surface area (Å²) in [6, 6.07) is 2.15. The summed E-state index contributed by atoms with van der Waals surface area (Å²) in [4.78, 5) is 6.94. The van der Waals surface area contributed by atoms with Gasteiger partial charge in [0.1, 0.15) is 5.01 Å². The van der Waals surface area contributed by atoms with Gasteiger partial charge in [-0.05, 0) is 19.9 Å². The fraction of sp³-hybridized carbons (Fsp3) is 0.300. The highest BCUT2D eigenvalue weighted by molar-refractivity contribution is 7.12. The van der Waals surface area contributed by atoms with E-state index < -0.39 is 0 Å². The quantitative estimate of drug-likeness (QED) is 0.852. The first-order valence-corrected chi connectivity index (χ1v) is 6.03. The van der Waals surface area contributed by atoms with E-state index in [2.05, 4.69) is 24.9 Å². The molecule has 2 aromatic rings. The average molecular weight is 225 g/mol.